The van der Waals surface area contributed by atoms with Crippen molar-refractivity contribution in [2.45, 2.75) is 32.9 Å². The van der Waals surface area contributed by atoms with E-state index in [2.05, 4.69) is 64.0 Å². The highest BCUT2D eigenvalue weighted by atomic mass is 16.5. The van der Waals surface area contributed by atoms with E-state index in [9.17, 15) is 0 Å². The molecule has 1 aliphatic heterocycles. The van der Waals surface area contributed by atoms with Gasteiger partial charge in [-0.25, -0.2) is 4.98 Å². The number of nitrogens with zero attached hydrogens (tertiary/aromatic N) is 3. The van der Waals surface area contributed by atoms with Gasteiger partial charge in [-0.2, -0.15) is 0 Å². The zero-order valence-corrected chi connectivity index (χ0v) is 16.8. The van der Waals surface area contributed by atoms with Crippen molar-refractivity contribution in [1.29, 1.82) is 0 Å². The zero-order chi connectivity index (χ0) is 19.3. The smallest absolute Gasteiger partial charge is 0.126 e. The van der Waals surface area contributed by atoms with Crippen molar-refractivity contribution in [2.24, 2.45) is 5.92 Å². The highest BCUT2D eigenvalue weighted by Gasteiger charge is 2.22. The van der Waals surface area contributed by atoms with Crippen LogP contribution in [0.4, 0.5) is 0 Å². The molecule has 1 saturated heterocycles. The first-order chi connectivity index (χ1) is 13.7. The number of likely N-dealkylation sites (tertiary alicyclic amines) is 1. The van der Waals surface area contributed by atoms with E-state index < -0.39 is 0 Å². The van der Waals surface area contributed by atoms with Gasteiger partial charge in [-0.05, 0) is 49.4 Å². The molecule has 0 amide bonds. The van der Waals surface area contributed by atoms with Crippen LogP contribution in [0.15, 0.2) is 60.9 Å². The van der Waals surface area contributed by atoms with Crippen LogP contribution in [0.1, 0.15) is 24.2 Å². The molecule has 0 N–H and O–H groups in total. The first kappa shape index (κ1) is 18.8. The third-order valence-corrected chi connectivity index (χ3v) is 5.79. The predicted molar refractivity (Wildman–Crippen MR) is 113 cm³/mol. The van der Waals surface area contributed by atoms with Gasteiger partial charge in [0.2, 0.25) is 0 Å². The van der Waals surface area contributed by atoms with Crippen LogP contribution in [-0.2, 0) is 13.1 Å². The zero-order valence-electron chi connectivity index (χ0n) is 16.8. The van der Waals surface area contributed by atoms with Crippen LogP contribution in [0, 0.1) is 12.8 Å². The summed E-state index contributed by atoms with van der Waals surface area (Å²) in [4.78, 5) is 6.97. The van der Waals surface area contributed by atoms with Crippen molar-refractivity contribution < 1.29 is 4.74 Å². The molecule has 0 spiro atoms. The Labute approximate surface area is 167 Å². The molecule has 2 heterocycles. The molecule has 4 nitrogen and oxygen atoms in total. The molecule has 0 radical (unpaired) electrons. The van der Waals surface area contributed by atoms with Gasteiger partial charge in [-0.15, -0.1) is 0 Å². The lowest BCUT2D eigenvalue weighted by molar-refractivity contribution is 0.155. The van der Waals surface area contributed by atoms with Gasteiger partial charge in [0.1, 0.15) is 11.6 Å². The Morgan fingerprint density at radius 1 is 1.07 bits per heavy atom. The number of hydrogen-bond donors (Lipinski definition) is 0. The van der Waals surface area contributed by atoms with E-state index in [-0.39, 0.29) is 0 Å². The van der Waals surface area contributed by atoms with Crippen molar-refractivity contribution in [3.63, 3.8) is 0 Å². The summed E-state index contributed by atoms with van der Waals surface area (Å²) in [5, 5.41) is 0. The maximum absolute atomic E-state index is 5.61. The Morgan fingerprint density at radius 2 is 1.86 bits per heavy atom. The minimum atomic E-state index is 0.681. The van der Waals surface area contributed by atoms with E-state index in [1.807, 2.05) is 18.3 Å². The number of piperidine rings is 1. The third-order valence-electron chi connectivity index (χ3n) is 5.79. The standard InChI is InChI=1S/C24H29N3O/c1-19-25-13-15-27(19)17-20-8-7-14-26(16-20)18-21-9-3-4-10-22(21)23-11-5-6-12-24(23)28-2/h3-6,9-13,15,20H,7-8,14,16-18H2,1-2H3. The number of ether oxygens (including phenoxy) is 1. The Morgan fingerprint density at radius 3 is 2.64 bits per heavy atom. The number of aryl methyl sites for hydroxylation is 1. The summed E-state index contributed by atoms with van der Waals surface area (Å²) < 4.78 is 7.90. The second-order valence-corrected chi connectivity index (χ2v) is 7.73. The van der Waals surface area contributed by atoms with Crippen LogP contribution in [0.3, 0.4) is 0 Å². The molecule has 4 heteroatoms. The summed E-state index contributed by atoms with van der Waals surface area (Å²) in [5.74, 6) is 2.72. The van der Waals surface area contributed by atoms with Gasteiger partial charge in [0.05, 0.1) is 7.11 Å². The molecule has 1 aromatic heterocycles. The largest absolute Gasteiger partial charge is 0.496 e. The molecular weight excluding hydrogens is 346 g/mol. The van der Waals surface area contributed by atoms with Gasteiger partial charge in [0, 0.05) is 37.6 Å². The lowest BCUT2D eigenvalue weighted by Gasteiger charge is -2.33. The van der Waals surface area contributed by atoms with E-state index in [1.54, 1.807) is 7.11 Å². The fourth-order valence-electron chi connectivity index (χ4n) is 4.35. The number of imidazole rings is 1. The number of rotatable bonds is 6. The highest BCUT2D eigenvalue weighted by Crippen LogP contribution is 2.33. The van der Waals surface area contributed by atoms with Gasteiger partial charge < -0.3 is 9.30 Å². The second kappa shape index (κ2) is 8.61. The molecule has 0 saturated carbocycles. The van der Waals surface area contributed by atoms with E-state index in [1.165, 1.54) is 36.1 Å². The molecule has 146 valence electrons. The number of benzene rings is 2. The fourth-order valence-corrected chi connectivity index (χ4v) is 4.35. The van der Waals surface area contributed by atoms with Gasteiger partial charge >= 0.3 is 0 Å². The maximum Gasteiger partial charge on any atom is 0.126 e. The van der Waals surface area contributed by atoms with Crippen LogP contribution < -0.4 is 4.74 Å². The molecule has 1 atom stereocenters. The molecular formula is C24H29N3O. The first-order valence-electron chi connectivity index (χ1n) is 10.2. The molecule has 1 unspecified atom stereocenters. The summed E-state index contributed by atoms with van der Waals surface area (Å²) in [7, 11) is 1.74. The molecule has 0 aliphatic carbocycles. The number of methoxy groups -OCH3 is 1. The van der Waals surface area contributed by atoms with Crippen LogP contribution in [0.2, 0.25) is 0 Å². The molecule has 1 aliphatic rings. The van der Waals surface area contributed by atoms with Crippen molar-refractivity contribution in [3.8, 4) is 16.9 Å². The predicted octanol–water partition coefficient (Wildman–Crippen LogP) is 4.78. The normalized spacial score (nSPS) is 17.6. The first-order valence-corrected chi connectivity index (χ1v) is 10.2. The van der Waals surface area contributed by atoms with Crippen LogP contribution in [-0.4, -0.2) is 34.7 Å². The molecule has 3 aromatic rings. The Balaban J connectivity index is 1.51. The number of aromatic nitrogens is 2. The minimum absolute atomic E-state index is 0.681. The van der Waals surface area contributed by atoms with E-state index in [4.69, 9.17) is 4.74 Å². The quantitative estimate of drug-likeness (QED) is 0.621. The highest BCUT2D eigenvalue weighted by molar-refractivity contribution is 5.73. The van der Waals surface area contributed by atoms with Gasteiger partial charge in [-0.1, -0.05) is 42.5 Å². The minimum Gasteiger partial charge on any atom is -0.496 e. The van der Waals surface area contributed by atoms with Gasteiger partial charge in [0.15, 0.2) is 0 Å². The number of hydrogen-bond acceptors (Lipinski definition) is 3. The molecule has 4 rings (SSSR count). The molecule has 2 aromatic carbocycles. The van der Waals surface area contributed by atoms with Crippen LogP contribution in [0.25, 0.3) is 11.1 Å². The summed E-state index contributed by atoms with van der Waals surface area (Å²) >= 11 is 0. The van der Waals surface area contributed by atoms with Crippen molar-refractivity contribution in [1.82, 2.24) is 14.5 Å². The van der Waals surface area contributed by atoms with E-state index >= 15 is 0 Å². The summed E-state index contributed by atoms with van der Waals surface area (Å²) in [6, 6.07) is 17.0. The van der Waals surface area contributed by atoms with Gasteiger partial charge in [-0.3, -0.25) is 4.90 Å². The summed E-state index contributed by atoms with van der Waals surface area (Å²) in [6.07, 6.45) is 6.56. The SMILES string of the molecule is COc1ccccc1-c1ccccc1CN1CCCC(Cn2ccnc2C)C1. The molecule has 28 heavy (non-hydrogen) atoms. The topological polar surface area (TPSA) is 30.3 Å². The Bertz CT molecular complexity index is 917. The summed E-state index contributed by atoms with van der Waals surface area (Å²) in [5.41, 5.74) is 3.81. The van der Waals surface area contributed by atoms with Crippen molar-refractivity contribution in [2.75, 3.05) is 20.2 Å². The maximum atomic E-state index is 5.61. The average Bonchev–Trinajstić information content (AvgIpc) is 3.13. The lowest BCUT2D eigenvalue weighted by atomic mass is 9.95. The summed E-state index contributed by atoms with van der Waals surface area (Å²) in [6.45, 7) is 6.44. The van der Waals surface area contributed by atoms with E-state index in [0.29, 0.717) is 5.92 Å². The Kier molecular flexibility index (Phi) is 5.77. The average molecular weight is 376 g/mol. The van der Waals surface area contributed by atoms with Crippen molar-refractivity contribution >= 4 is 0 Å². The van der Waals surface area contributed by atoms with Crippen LogP contribution >= 0.6 is 0 Å². The van der Waals surface area contributed by atoms with Gasteiger partial charge in [0.25, 0.3) is 0 Å². The van der Waals surface area contributed by atoms with Crippen molar-refractivity contribution in [3.05, 3.63) is 72.3 Å². The molecule has 0 bridgehead atoms. The lowest BCUT2D eigenvalue weighted by Crippen LogP contribution is -2.36. The monoisotopic (exact) mass is 375 g/mol. The number of para-hydroxylation sites is 1. The fraction of sp³-hybridized carbons (Fsp3) is 0.375. The molecule has 1 fully saturated rings. The second-order valence-electron chi connectivity index (χ2n) is 7.73. The van der Waals surface area contributed by atoms with Crippen LogP contribution in [0.5, 0.6) is 5.75 Å². The Hall–Kier alpha value is -2.59. The van der Waals surface area contributed by atoms with E-state index in [0.717, 1.165) is 31.2 Å². The third kappa shape index (κ3) is 4.12.